The summed E-state index contributed by atoms with van der Waals surface area (Å²) >= 11 is 0. The van der Waals surface area contributed by atoms with Crippen LogP contribution in [-0.4, -0.2) is 23.8 Å². The van der Waals surface area contributed by atoms with Gasteiger partial charge in [0.05, 0.1) is 6.10 Å². The standard InChI is InChI=1S/C8H13NO/c10-8-4-1-5-3-9-7(8)6(5)2-4/h4-10H,1-3H2/t4-,5+,6-,7-,8+/m0/s1. The molecule has 2 saturated carbocycles. The molecule has 1 heterocycles. The highest BCUT2D eigenvalue weighted by atomic mass is 16.3. The molecule has 3 aliphatic rings. The number of rotatable bonds is 0. The molecule has 2 N–H and O–H groups in total. The maximum atomic E-state index is 9.64. The lowest BCUT2D eigenvalue weighted by molar-refractivity contribution is 0.0909. The number of hydrogen-bond donors (Lipinski definition) is 2. The first-order valence-corrected chi connectivity index (χ1v) is 4.28. The number of nitrogens with one attached hydrogen (secondary N) is 1. The average Bonchev–Trinajstić information content (AvgIpc) is 2.43. The van der Waals surface area contributed by atoms with Gasteiger partial charge in [-0.05, 0) is 37.1 Å². The monoisotopic (exact) mass is 139 g/mol. The highest BCUT2D eigenvalue weighted by molar-refractivity contribution is 5.09. The molecule has 5 atom stereocenters. The average molecular weight is 139 g/mol. The van der Waals surface area contributed by atoms with Gasteiger partial charge >= 0.3 is 0 Å². The van der Waals surface area contributed by atoms with Crippen molar-refractivity contribution < 1.29 is 5.11 Å². The molecular formula is C8H13NO. The van der Waals surface area contributed by atoms with Gasteiger partial charge in [-0.15, -0.1) is 0 Å². The van der Waals surface area contributed by atoms with E-state index in [-0.39, 0.29) is 6.10 Å². The maximum Gasteiger partial charge on any atom is 0.0724 e. The van der Waals surface area contributed by atoms with Gasteiger partial charge in [0.25, 0.3) is 0 Å². The van der Waals surface area contributed by atoms with E-state index in [0.29, 0.717) is 12.0 Å². The summed E-state index contributed by atoms with van der Waals surface area (Å²) in [6.07, 6.45) is 2.57. The molecule has 3 fully saturated rings. The van der Waals surface area contributed by atoms with Crippen LogP contribution < -0.4 is 5.32 Å². The van der Waals surface area contributed by atoms with Crippen molar-refractivity contribution in [3.63, 3.8) is 0 Å². The highest BCUT2D eigenvalue weighted by Crippen LogP contribution is 2.51. The Morgan fingerprint density at radius 1 is 1.20 bits per heavy atom. The Hall–Kier alpha value is -0.0800. The summed E-state index contributed by atoms with van der Waals surface area (Å²) in [4.78, 5) is 0. The van der Waals surface area contributed by atoms with Crippen molar-refractivity contribution in [1.82, 2.24) is 5.32 Å². The third-order valence-corrected chi connectivity index (χ3v) is 3.71. The fourth-order valence-corrected chi connectivity index (χ4v) is 3.26. The quantitative estimate of drug-likeness (QED) is 0.494. The largest absolute Gasteiger partial charge is 0.391 e. The van der Waals surface area contributed by atoms with Crippen LogP contribution in [0, 0.1) is 17.8 Å². The third-order valence-electron chi connectivity index (χ3n) is 3.71. The minimum atomic E-state index is -0.0104. The van der Waals surface area contributed by atoms with E-state index in [1.165, 1.54) is 19.4 Å². The maximum absolute atomic E-state index is 9.64. The number of aliphatic hydroxyl groups excluding tert-OH is 1. The summed E-state index contributed by atoms with van der Waals surface area (Å²) < 4.78 is 0. The Balaban J connectivity index is 2.00. The predicted molar refractivity (Wildman–Crippen MR) is 37.5 cm³/mol. The van der Waals surface area contributed by atoms with Gasteiger partial charge in [-0.3, -0.25) is 0 Å². The minimum absolute atomic E-state index is 0.0104. The molecule has 0 aromatic carbocycles. The second kappa shape index (κ2) is 1.56. The molecule has 3 rings (SSSR count). The molecule has 56 valence electrons. The molecule has 2 nitrogen and oxygen atoms in total. The van der Waals surface area contributed by atoms with Gasteiger partial charge in [-0.25, -0.2) is 0 Å². The van der Waals surface area contributed by atoms with E-state index in [0.717, 1.165) is 11.8 Å². The number of fused-ring (bicyclic) bond motifs is 1. The first kappa shape index (κ1) is 5.56. The summed E-state index contributed by atoms with van der Waals surface area (Å²) in [6.45, 7) is 1.17. The second-order valence-electron chi connectivity index (χ2n) is 4.08. The molecule has 0 radical (unpaired) electrons. The first-order chi connectivity index (χ1) is 4.86. The van der Waals surface area contributed by atoms with Crippen LogP contribution in [0.1, 0.15) is 12.8 Å². The second-order valence-corrected chi connectivity index (χ2v) is 4.08. The minimum Gasteiger partial charge on any atom is -0.391 e. The normalized spacial score (nSPS) is 63.9. The van der Waals surface area contributed by atoms with Crippen molar-refractivity contribution in [2.75, 3.05) is 6.54 Å². The van der Waals surface area contributed by atoms with Crippen molar-refractivity contribution in [3.8, 4) is 0 Å². The topological polar surface area (TPSA) is 32.3 Å². The molecule has 1 aliphatic heterocycles. The molecule has 0 aromatic rings. The van der Waals surface area contributed by atoms with Crippen LogP contribution in [0.4, 0.5) is 0 Å². The Kier molecular flexibility index (Phi) is 0.868. The Morgan fingerprint density at radius 2 is 2.10 bits per heavy atom. The smallest absolute Gasteiger partial charge is 0.0724 e. The van der Waals surface area contributed by atoms with Crippen LogP contribution in [0.5, 0.6) is 0 Å². The Bertz CT molecular complexity index is 169. The fourth-order valence-electron chi connectivity index (χ4n) is 3.26. The summed E-state index contributed by atoms with van der Waals surface area (Å²) in [5, 5.41) is 13.1. The van der Waals surface area contributed by atoms with E-state index < -0.39 is 0 Å². The molecule has 0 spiro atoms. The van der Waals surface area contributed by atoms with Gasteiger partial charge in [0.15, 0.2) is 0 Å². The Morgan fingerprint density at radius 3 is 2.80 bits per heavy atom. The van der Waals surface area contributed by atoms with E-state index in [2.05, 4.69) is 5.32 Å². The van der Waals surface area contributed by atoms with Crippen LogP contribution in [0.2, 0.25) is 0 Å². The van der Waals surface area contributed by atoms with Gasteiger partial charge in [0.1, 0.15) is 0 Å². The van der Waals surface area contributed by atoms with Crippen molar-refractivity contribution in [1.29, 1.82) is 0 Å². The highest BCUT2D eigenvalue weighted by Gasteiger charge is 2.55. The zero-order valence-electron chi connectivity index (χ0n) is 5.96. The van der Waals surface area contributed by atoms with Gasteiger partial charge < -0.3 is 10.4 Å². The van der Waals surface area contributed by atoms with Gasteiger partial charge in [0.2, 0.25) is 0 Å². The SMILES string of the molecule is O[C@@H]1[C@H]2C[C@@H]3CN[C@H]1[C@H]3C2. The first-order valence-electron chi connectivity index (χ1n) is 4.28. The zero-order valence-corrected chi connectivity index (χ0v) is 5.96. The number of aliphatic hydroxyl groups is 1. The number of hydrogen-bond acceptors (Lipinski definition) is 2. The lowest BCUT2D eigenvalue weighted by Gasteiger charge is -2.22. The summed E-state index contributed by atoms with van der Waals surface area (Å²) in [7, 11) is 0. The molecule has 0 amide bonds. The zero-order chi connectivity index (χ0) is 6.72. The molecule has 0 aromatic heterocycles. The van der Waals surface area contributed by atoms with Crippen LogP contribution >= 0.6 is 0 Å². The molecule has 2 aliphatic carbocycles. The van der Waals surface area contributed by atoms with Gasteiger partial charge in [-0.2, -0.15) is 0 Å². The van der Waals surface area contributed by atoms with Gasteiger partial charge in [0, 0.05) is 6.04 Å². The van der Waals surface area contributed by atoms with E-state index in [1.54, 1.807) is 0 Å². The van der Waals surface area contributed by atoms with Crippen LogP contribution in [0.15, 0.2) is 0 Å². The van der Waals surface area contributed by atoms with Crippen molar-refractivity contribution >= 4 is 0 Å². The Labute approximate surface area is 60.6 Å². The van der Waals surface area contributed by atoms with Gasteiger partial charge in [-0.1, -0.05) is 0 Å². The van der Waals surface area contributed by atoms with Crippen molar-refractivity contribution in [2.45, 2.75) is 25.0 Å². The van der Waals surface area contributed by atoms with Crippen LogP contribution in [0.25, 0.3) is 0 Å². The summed E-state index contributed by atoms with van der Waals surface area (Å²) in [6, 6.07) is 0.476. The summed E-state index contributed by atoms with van der Waals surface area (Å²) in [5.74, 6) is 2.40. The third kappa shape index (κ3) is 0.453. The van der Waals surface area contributed by atoms with Crippen molar-refractivity contribution in [3.05, 3.63) is 0 Å². The van der Waals surface area contributed by atoms with E-state index in [4.69, 9.17) is 0 Å². The summed E-state index contributed by atoms with van der Waals surface area (Å²) in [5.41, 5.74) is 0. The fraction of sp³-hybridized carbons (Fsp3) is 1.00. The van der Waals surface area contributed by atoms with Crippen LogP contribution in [0.3, 0.4) is 0 Å². The van der Waals surface area contributed by atoms with Crippen LogP contribution in [-0.2, 0) is 0 Å². The molecular weight excluding hydrogens is 126 g/mol. The molecule has 0 unspecified atom stereocenters. The molecule has 10 heavy (non-hydrogen) atoms. The van der Waals surface area contributed by atoms with E-state index in [1.807, 2.05) is 0 Å². The molecule has 1 saturated heterocycles. The van der Waals surface area contributed by atoms with E-state index >= 15 is 0 Å². The molecule has 2 heteroatoms. The van der Waals surface area contributed by atoms with Crippen molar-refractivity contribution in [2.24, 2.45) is 17.8 Å². The lowest BCUT2D eigenvalue weighted by atomic mass is 9.88. The predicted octanol–water partition coefficient (Wildman–Crippen LogP) is -0.0249. The van der Waals surface area contributed by atoms with E-state index in [9.17, 15) is 5.11 Å². The molecule has 2 bridgehead atoms. The lowest BCUT2D eigenvalue weighted by Crippen LogP contribution is -2.37.